The van der Waals surface area contributed by atoms with Gasteiger partial charge in [0.15, 0.2) is 0 Å². The lowest BCUT2D eigenvalue weighted by atomic mass is 9.87. The van der Waals surface area contributed by atoms with Crippen molar-refractivity contribution in [2.24, 2.45) is 5.92 Å². The van der Waals surface area contributed by atoms with Gasteiger partial charge in [-0.3, -0.25) is 0 Å². The zero-order valence-electron chi connectivity index (χ0n) is 8.60. The molecular weight excluding hydrogens is 164 g/mol. The molecule has 0 aromatic heterocycles. The van der Waals surface area contributed by atoms with Crippen molar-refractivity contribution < 1.29 is 0 Å². The molecule has 0 aromatic carbocycles. The number of fused-ring (bicyclic) bond motifs is 1. The Hall–Kier alpha value is 0.350. The Bertz CT molecular complexity index is 178. The molecular formula is C11H21S+. The third kappa shape index (κ3) is 1.13. The Balaban J connectivity index is 2.21. The average Bonchev–Trinajstić information content (AvgIpc) is 2.25. The molecule has 0 N–H and O–H groups in total. The second-order valence-electron chi connectivity index (χ2n) is 4.85. The summed E-state index contributed by atoms with van der Waals surface area (Å²) in [6.45, 7) is 7.52. The van der Waals surface area contributed by atoms with E-state index in [2.05, 4.69) is 20.8 Å². The lowest BCUT2D eigenvalue weighted by molar-refractivity contribution is 0.394. The fraction of sp³-hybridized carbons (Fsp3) is 1.00. The summed E-state index contributed by atoms with van der Waals surface area (Å²) < 4.78 is 0.748. The summed E-state index contributed by atoms with van der Waals surface area (Å²) >= 11 is 0. The summed E-state index contributed by atoms with van der Waals surface area (Å²) in [5.74, 6) is 2.54. The predicted molar refractivity (Wildman–Crippen MR) is 57.7 cm³/mol. The van der Waals surface area contributed by atoms with Gasteiger partial charge in [0.1, 0.15) is 15.7 Å². The largest absolute Gasteiger partial charge is 0.128 e. The third-order valence-corrected chi connectivity index (χ3v) is 7.80. The van der Waals surface area contributed by atoms with E-state index in [0.29, 0.717) is 0 Å². The molecule has 70 valence electrons. The first-order chi connectivity index (χ1) is 5.64. The maximum absolute atomic E-state index is 2.56. The Morgan fingerprint density at radius 1 is 1.25 bits per heavy atom. The Labute approximate surface area is 79.5 Å². The van der Waals surface area contributed by atoms with Gasteiger partial charge in [-0.15, -0.1) is 0 Å². The second kappa shape index (κ2) is 2.94. The van der Waals surface area contributed by atoms with Crippen LogP contribution in [0.15, 0.2) is 0 Å². The van der Waals surface area contributed by atoms with Gasteiger partial charge in [-0.2, -0.15) is 0 Å². The van der Waals surface area contributed by atoms with E-state index in [0.717, 1.165) is 26.8 Å². The molecule has 0 radical (unpaired) electrons. The maximum atomic E-state index is 2.56. The summed E-state index contributed by atoms with van der Waals surface area (Å²) in [5.41, 5.74) is 0. The van der Waals surface area contributed by atoms with Crippen LogP contribution in [0.5, 0.6) is 0 Å². The van der Waals surface area contributed by atoms with Crippen molar-refractivity contribution in [3.05, 3.63) is 0 Å². The van der Waals surface area contributed by atoms with Crippen LogP contribution in [0.3, 0.4) is 0 Å². The van der Waals surface area contributed by atoms with Crippen LogP contribution in [-0.2, 0) is 10.9 Å². The normalized spacial score (nSPS) is 53.8. The van der Waals surface area contributed by atoms with Gasteiger partial charge in [0, 0.05) is 12.3 Å². The summed E-state index contributed by atoms with van der Waals surface area (Å²) in [4.78, 5) is 0. The Morgan fingerprint density at radius 2 is 2.00 bits per heavy atom. The molecule has 4 atom stereocenters. The Kier molecular flexibility index (Phi) is 2.18. The van der Waals surface area contributed by atoms with E-state index in [1.807, 2.05) is 0 Å². The van der Waals surface area contributed by atoms with Crippen molar-refractivity contribution in [3.8, 4) is 0 Å². The monoisotopic (exact) mass is 185 g/mol. The van der Waals surface area contributed by atoms with E-state index >= 15 is 0 Å². The average molecular weight is 185 g/mol. The SMILES string of the molecule is C[C@@H]1C[C@H](C)[S+]2CCCC[C@]12C. The van der Waals surface area contributed by atoms with Crippen molar-refractivity contribution in [1.29, 1.82) is 0 Å². The van der Waals surface area contributed by atoms with Crippen molar-refractivity contribution in [3.63, 3.8) is 0 Å². The van der Waals surface area contributed by atoms with Gasteiger partial charge in [0.05, 0.1) is 0 Å². The molecule has 2 aliphatic rings. The van der Waals surface area contributed by atoms with E-state index in [1.54, 1.807) is 5.75 Å². The zero-order chi connectivity index (χ0) is 8.77. The highest BCUT2D eigenvalue weighted by Gasteiger charge is 2.57. The molecule has 0 spiro atoms. The molecule has 2 saturated heterocycles. The minimum atomic E-state index is 0.748. The van der Waals surface area contributed by atoms with Crippen molar-refractivity contribution in [2.75, 3.05) is 5.75 Å². The van der Waals surface area contributed by atoms with Crippen LogP contribution < -0.4 is 0 Å². The minimum absolute atomic E-state index is 0.748. The van der Waals surface area contributed by atoms with Gasteiger partial charge < -0.3 is 0 Å². The summed E-state index contributed by atoms with van der Waals surface area (Å²) in [7, 11) is 0.774. The Morgan fingerprint density at radius 3 is 2.67 bits per heavy atom. The van der Waals surface area contributed by atoms with Crippen molar-refractivity contribution in [2.45, 2.75) is 56.5 Å². The van der Waals surface area contributed by atoms with Crippen LogP contribution in [0.25, 0.3) is 0 Å². The van der Waals surface area contributed by atoms with E-state index in [-0.39, 0.29) is 0 Å². The first kappa shape index (κ1) is 8.93. The van der Waals surface area contributed by atoms with Crippen LogP contribution in [0.1, 0.15) is 46.5 Å². The first-order valence-corrected chi connectivity index (χ1v) is 6.80. The van der Waals surface area contributed by atoms with E-state index < -0.39 is 0 Å². The molecule has 0 bridgehead atoms. The highest BCUT2D eigenvalue weighted by molar-refractivity contribution is 7.99. The fourth-order valence-electron chi connectivity index (χ4n) is 3.13. The van der Waals surface area contributed by atoms with Crippen molar-refractivity contribution >= 4 is 10.9 Å². The van der Waals surface area contributed by atoms with Crippen LogP contribution in [-0.4, -0.2) is 15.7 Å². The number of hydrogen-bond acceptors (Lipinski definition) is 0. The van der Waals surface area contributed by atoms with Gasteiger partial charge in [0.25, 0.3) is 0 Å². The van der Waals surface area contributed by atoms with Crippen LogP contribution in [0.4, 0.5) is 0 Å². The lowest BCUT2D eigenvalue weighted by Gasteiger charge is -2.32. The van der Waals surface area contributed by atoms with Gasteiger partial charge in [-0.05, 0) is 44.0 Å². The molecule has 1 heteroatoms. The van der Waals surface area contributed by atoms with Crippen LogP contribution >= 0.6 is 0 Å². The molecule has 1 unspecified atom stereocenters. The van der Waals surface area contributed by atoms with E-state index in [4.69, 9.17) is 0 Å². The lowest BCUT2D eigenvalue weighted by Crippen LogP contribution is -2.42. The van der Waals surface area contributed by atoms with Crippen LogP contribution in [0.2, 0.25) is 0 Å². The summed E-state index contributed by atoms with van der Waals surface area (Å²) in [5, 5.41) is 1.03. The molecule has 0 amide bonds. The molecule has 0 saturated carbocycles. The molecule has 0 aromatic rings. The molecule has 2 aliphatic heterocycles. The minimum Gasteiger partial charge on any atom is -0.0573 e. The molecule has 2 rings (SSSR count). The second-order valence-corrected chi connectivity index (χ2v) is 7.85. The highest BCUT2D eigenvalue weighted by atomic mass is 32.2. The molecule has 0 nitrogen and oxygen atoms in total. The quantitative estimate of drug-likeness (QED) is 0.509. The molecule has 2 heterocycles. The van der Waals surface area contributed by atoms with E-state index in [9.17, 15) is 0 Å². The summed E-state index contributed by atoms with van der Waals surface area (Å²) in [6, 6.07) is 0. The summed E-state index contributed by atoms with van der Waals surface area (Å²) in [6.07, 6.45) is 6.02. The van der Waals surface area contributed by atoms with Gasteiger partial charge in [0.2, 0.25) is 0 Å². The van der Waals surface area contributed by atoms with Crippen LogP contribution in [0, 0.1) is 5.92 Å². The number of rotatable bonds is 0. The van der Waals surface area contributed by atoms with Crippen molar-refractivity contribution in [1.82, 2.24) is 0 Å². The fourth-order valence-corrected chi connectivity index (χ4v) is 6.97. The van der Waals surface area contributed by atoms with Gasteiger partial charge >= 0.3 is 0 Å². The van der Waals surface area contributed by atoms with Gasteiger partial charge in [-0.25, -0.2) is 0 Å². The smallest absolute Gasteiger partial charge is 0.0573 e. The van der Waals surface area contributed by atoms with Gasteiger partial charge in [-0.1, -0.05) is 6.92 Å². The predicted octanol–water partition coefficient (Wildman–Crippen LogP) is 2.98. The first-order valence-electron chi connectivity index (χ1n) is 5.34. The third-order valence-electron chi connectivity index (χ3n) is 4.10. The molecule has 2 fully saturated rings. The maximum Gasteiger partial charge on any atom is 0.128 e. The standard InChI is InChI=1S/C11H21S/c1-9-8-10(2)12-7-5-4-6-11(9,12)3/h9-10H,4-8H2,1-3H3/q+1/t9-,10+,11-,12?/m1/s1. The topological polar surface area (TPSA) is 0 Å². The zero-order valence-corrected chi connectivity index (χ0v) is 9.41. The molecule has 0 aliphatic carbocycles. The highest BCUT2D eigenvalue weighted by Crippen LogP contribution is 2.48. The van der Waals surface area contributed by atoms with E-state index in [1.165, 1.54) is 25.7 Å². The number of hydrogen-bond donors (Lipinski definition) is 0. The molecule has 12 heavy (non-hydrogen) atoms.